The number of aromatic hydroxyl groups is 1. The van der Waals surface area contributed by atoms with Gasteiger partial charge in [-0.25, -0.2) is 0 Å². The Morgan fingerprint density at radius 3 is 2.00 bits per heavy atom. The third kappa shape index (κ3) is 5.92. The Morgan fingerprint density at radius 2 is 1.75 bits per heavy atom. The van der Waals surface area contributed by atoms with Gasteiger partial charge in [0.05, 0.1) is 4.47 Å². The van der Waals surface area contributed by atoms with Crippen molar-refractivity contribution in [3.05, 3.63) is 28.7 Å². The summed E-state index contributed by atoms with van der Waals surface area (Å²) in [6.07, 6.45) is 0. The van der Waals surface area contributed by atoms with Crippen molar-refractivity contribution in [2.75, 3.05) is 0 Å². The smallest absolute Gasteiger partial charge is 0.129 e. The maximum Gasteiger partial charge on any atom is 0.129 e. The molecule has 66 valence electrons. The van der Waals surface area contributed by atoms with Crippen molar-refractivity contribution in [2.24, 2.45) is 0 Å². The van der Waals surface area contributed by atoms with Crippen LogP contribution in [0.1, 0.15) is 13.8 Å². The molecule has 0 unspecified atom stereocenters. The number of phenols is 1. The average molecular weight is 231 g/mol. The highest BCUT2D eigenvalue weighted by atomic mass is 79.9. The Morgan fingerprint density at radius 1 is 1.33 bits per heavy atom. The van der Waals surface area contributed by atoms with Crippen LogP contribution in [0.5, 0.6) is 5.75 Å². The molecule has 0 amide bonds. The Labute approximate surface area is 80.4 Å². The lowest BCUT2D eigenvalue weighted by Gasteiger charge is -1.90. The zero-order chi connectivity index (χ0) is 9.56. The molecule has 1 aromatic carbocycles. The van der Waals surface area contributed by atoms with Crippen LogP contribution in [0.3, 0.4) is 0 Å². The van der Waals surface area contributed by atoms with Gasteiger partial charge in [-0.15, -0.1) is 0 Å². The van der Waals surface area contributed by atoms with Crippen molar-refractivity contribution in [3.8, 4) is 5.75 Å². The second-order valence-electron chi connectivity index (χ2n) is 2.36. The summed E-state index contributed by atoms with van der Waals surface area (Å²) in [7, 11) is 0. The summed E-state index contributed by atoms with van der Waals surface area (Å²) in [6.45, 7) is 3.06. The van der Waals surface area contributed by atoms with Crippen molar-refractivity contribution in [3.63, 3.8) is 0 Å². The molecule has 1 N–H and O–H groups in total. The molecule has 0 saturated heterocycles. The molecule has 0 aliphatic heterocycles. The van der Waals surface area contributed by atoms with Gasteiger partial charge in [0.1, 0.15) is 11.5 Å². The lowest BCUT2D eigenvalue weighted by Crippen LogP contribution is -1.69. The molecule has 0 aliphatic rings. The van der Waals surface area contributed by atoms with Crippen LogP contribution in [-0.4, -0.2) is 10.9 Å². The van der Waals surface area contributed by atoms with Crippen LogP contribution < -0.4 is 0 Å². The molecule has 1 aromatic rings. The van der Waals surface area contributed by atoms with Crippen molar-refractivity contribution < 1.29 is 9.90 Å². The molecule has 0 atom stereocenters. The van der Waals surface area contributed by atoms with Gasteiger partial charge in [-0.3, -0.25) is 0 Å². The van der Waals surface area contributed by atoms with Gasteiger partial charge < -0.3 is 9.90 Å². The maximum absolute atomic E-state index is 9.44. The number of carbonyl (C=O) groups excluding carboxylic acids is 1. The molecular weight excluding hydrogens is 220 g/mol. The van der Waals surface area contributed by atoms with Gasteiger partial charge in [0.2, 0.25) is 0 Å². The lowest BCUT2D eigenvalue weighted by atomic mass is 10.3. The van der Waals surface area contributed by atoms with E-state index in [1.54, 1.807) is 18.2 Å². The molecule has 1 rings (SSSR count). The Balaban J connectivity index is 0.000000261. The number of halogens is 1. The topological polar surface area (TPSA) is 37.3 Å². The SMILES string of the molecule is CC(C)=O.Oc1ccccc1Br. The van der Waals surface area contributed by atoms with Crippen LogP contribution in [0.15, 0.2) is 28.7 Å². The molecule has 0 saturated carbocycles. The van der Waals surface area contributed by atoms with Crippen LogP contribution in [-0.2, 0) is 4.79 Å². The van der Waals surface area contributed by atoms with E-state index in [1.807, 2.05) is 6.07 Å². The summed E-state index contributed by atoms with van der Waals surface area (Å²) in [6, 6.07) is 7.04. The van der Waals surface area contributed by atoms with E-state index < -0.39 is 0 Å². The fourth-order valence-electron chi connectivity index (χ4n) is 0.452. The Bertz CT molecular complexity index is 233. The standard InChI is InChI=1S/C6H5BrO.C3H6O/c7-5-3-1-2-4-6(5)8;1-3(2)4/h1-4,8H;1-2H3. The number of phenolic OH excluding ortho intramolecular Hbond substituents is 1. The second-order valence-corrected chi connectivity index (χ2v) is 3.21. The molecular formula is C9H11BrO2. The molecule has 0 bridgehead atoms. The lowest BCUT2D eigenvalue weighted by molar-refractivity contribution is -0.114. The average Bonchev–Trinajstić information content (AvgIpc) is 1.94. The second kappa shape index (κ2) is 5.77. The Kier molecular flexibility index (Phi) is 5.37. The number of ketones is 1. The minimum atomic E-state index is 0.167. The zero-order valence-corrected chi connectivity index (χ0v) is 8.63. The van der Waals surface area contributed by atoms with Crippen LogP contribution in [0.25, 0.3) is 0 Å². The predicted molar refractivity (Wildman–Crippen MR) is 52.2 cm³/mol. The summed E-state index contributed by atoms with van der Waals surface area (Å²) < 4.78 is 0.736. The molecule has 0 aromatic heterocycles. The van der Waals surface area contributed by atoms with Gasteiger partial charge in [0.25, 0.3) is 0 Å². The van der Waals surface area contributed by atoms with Crippen LogP contribution >= 0.6 is 15.9 Å². The minimum absolute atomic E-state index is 0.167. The third-order valence-corrected chi connectivity index (χ3v) is 1.52. The molecule has 0 fully saturated rings. The highest BCUT2D eigenvalue weighted by molar-refractivity contribution is 9.10. The van der Waals surface area contributed by atoms with E-state index in [-0.39, 0.29) is 11.5 Å². The van der Waals surface area contributed by atoms with Gasteiger partial charge in [0, 0.05) is 0 Å². The van der Waals surface area contributed by atoms with E-state index in [1.165, 1.54) is 13.8 Å². The van der Waals surface area contributed by atoms with E-state index >= 15 is 0 Å². The van der Waals surface area contributed by atoms with Gasteiger partial charge in [-0.1, -0.05) is 12.1 Å². The normalized spacial score (nSPS) is 8.25. The highest BCUT2D eigenvalue weighted by Crippen LogP contribution is 2.21. The number of hydrogen-bond acceptors (Lipinski definition) is 2. The molecule has 0 radical (unpaired) electrons. The van der Waals surface area contributed by atoms with Crippen LogP contribution in [0.4, 0.5) is 0 Å². The Hall–Kier alpha value is -0.830. The van der Waals surface area contributed by atoms with Gasteiger partial charge in [0.15, 0.2) is 0 Å². The maximum atomic E-state index is 9.44. The molecule has 2 nitrogen and oxygen atoms in total. The van der Waals surface area contributed by atoms with Gasteiger partial charge >= 0.3 is 0 Å². The minimum Gasteiger partial charge on any atom is -0.507 e. The number of benzene rings is 1. The highest BCUT2D eigenvalue weighted by Gasteiger charge is 1.89. The largest absolute Gasteiger partial charge is 0.507 e. The van der Waals surface area contributed by atoms with Crippen molar-refractivity contribution >= 4 is 21.7 Å². The first-order valence-electron chi connectivity index (χ1n) is 3.44. The molecule has 0 spiro atoms. The first kappa shape index (κ1) is 11.2. The predicted octanol–water partition coefficient (Wildman–Crippen LogP) is 2.75. The van der Waals surface area contributed by atoms with E-state index in [2.05, 4.69) is 15.9 Å². The van der Waals surface area contributed by atoms with E-state index in [9.17, 15) is 4.79 Å². The number of hydrogen-bond donors (Lipinski definition) is 1. The quantitative estimate of drug-likeness (QED) is 0.745. The summed E-state index contributed by atoms with van der Waals surface area (Å²) in [4.78, 5) is 9.44. The first-order valence-corrected chi connectivity index (χ1v) is 4.24. The first-order chi connectivity index (χ1) is 5.54. The number of carbonyl (C=O) groups is 1. The van der Waals surface area contributed by atoms with Crippen LogP contribution in [0, 0.1) is 0 Å². The zero-order valence-electron chi connectivity index (χ0n) is 7.04. The number of para-hydroxylation sites is 1. The van der Waals surface area contributed by atoms with Gasteiger partial charge in [-0.2, -0.15) is 0 Å². The molecule has 0 aliphatic carbocycles. The monoisotopic (exact) mass is 230 g/mol. The summed E-state index contributed by atoms with van der Waals surface area (Å²) in [5.41, 5.74) is 0. The fraction of sp³-hybridized carbons (Fsp3) is 0.222. The third-order valence-electron chi connectivity index (χ3n) is 0.852. The van der Waals surface area contributed by atoms with E-state index in [4.69, 9.17) is 5.11 Å². The fourth-order valence-corrected chi connectivity index (χ4v) is 0.737. The van der Waals surface area contributed by atoms with E-state index in [0.717, 1.165) is 4.47 Å². The molecule has 12 heavy (non-hydrogen) atoms. The molecule has 0 heterocycles. The van der Waals surface area contributed by atoms with Gasteiger partial charge in [-0.05, 0) is 41.9 Å². The van der Waals surface area contributed by atoms with Crippen molar-refractivity contribution in [1.82, 2.24) is 0 Å². The van der Waals surface area contributed by atoms with Crippen LogP contribution in [0.2, 0.25) is 0 Å². The van der Waals surface area contributed by atoms with Crippen molar-refractivity contribution in [2.45, 2.75) is 13.8 Å². The molecule has 3 heteroatoms. The summed E-state index contributed by atoms with van der Waals surface area (Å²) in [5, 5.41) is 8.87. The van der Waals surface area contributed by atoms with Crippen molar-refractivity contribution in [1.29, 1.82) is 0 Å². The number of Topliss-reactive ketones (excluding diaryl/α,β-unsaturated/α-hetero) is 1. The summed E-state index contributed by atoms with van der Waals surface area (Å²) >= 11 is 3.15. The summed E-state index contributed by atoms with van der Waals surface area (Å²) in [5.74, 6) is 0.451. The number of rotatable bonds is 0. The van der Waals surface area contributed by atoms with E-state index in [0.29, 0.717) is 0 Å².